The summed E-state index contributed by atoms with van der Waals surface area (Å²) < 4.78 is 0.973. The molecule has 0 aromatic heterocycles. The molecule has 0 heterocycles. The zero-order valence-electron chi connectivity index (χ0n) is 11.6. The van der Waals surface area contributed by atoms with E-state index in [1.54, 1.807) is 0 Å². The van der Waals surface area contributed by atoms with Crippen LogP contribution in [0.25, 0.3) is 0 Å². The minimum absolute atomic E-state index is 0.145. The van der Waals surface area contributed by atoms with Crippen molar-refractivity contribution in [2.75, 3.05) is 11.4 Å². The van der Waals surface area contributed by atoms with Crippen LogP contribution < -0.4 is 10.6 Å². The van der Waals surface area contributed by atoms with E-state index in [1.165, 1.54) is 19.3 Å². The molecule has 0 amide bonds. The molecule has 3 nitrogen and oxygen atoms in total. The van der Waals surface area contributed by atoms with E-state index in [4.69, 9.17) is 11.1 Å². The van der Waals surface area contributed by atoms with Crippen molar-refractivity contribution in [3.8, 4) is 0 Å². The summed E-state index contributed by atoms with van der Waals surface area (Å²) in [6, 6.07) is 6.70. The number of anilines is 1. The van der Waals surface area contributed by atoms with E-state index in [1.807, 2.05) is 12.1 Å². The van der Waals surface area contributed by atoms with Gasteiger partial charge in [0.05, 0.1) is 0 Å². The van der Waals surface area contributed by atoms with Gasteiger partial charge < -0.3 is 10.6 Å². The summed E-state index contributed by atoms with van der Waals surface area (Å²) in [5, 5.41) is 7.77. The highest BCUT2D eigenvalue weighted by Crippen LogP contribution is 2.35. The molecule has 2 rings (SSSR count). The van der Waals surface area contributed by atoms with Crippen LogP contribution in [0.4, 0.5) is 5.69 Å². The van der Waals surface area contributed by atoms with Crippen LogP contribution in [-0.2, 0) is 0 Å². The zero-order chi connectivity index (χ0) is 14.0. The van der Waals surface area contributed by atoms with Crippen molar-refractivity contribution in [1.29, 1.82) is 5.41 Å². The van der Waals surface area contributed by atoms with Crippen LogP contribution in [-0.4, -0.2) is 18.4 Å². The zero-order valence-corrected chi connectivity index (χ0v) is 13.2. The molecule has 4 heteroatoms. The van der Waals surface area contributed by atoms with E-state index < -0.39 is 0 Å². The summed E-state index contributed by atoms with van der Waals surface area (Å²) in [6.45, 7) is 5.54. The third-order valence-corrected chi connectivity index (χ3v) is 3.99. The Bertz CT molecular complexity index is 466. The molecule has 1 aliphatic carbocycles. The Labute approximate surface area is 123 Å². The first-order chi connectivity index (χ1) is 8.99. The van der Waals surface area contributed by atoms with Crippen LogP contribution in [0.1, 0.15) is 38.7 Å². The molecule has 1 aromatic rings. The van der Waals surface area contributed by atoms with Crippen molar-refractivity contribution >= 4 is 27.5 Å². The number of rotatable bonds is 6. The van der Waals surface area contributed by atoms with Crippen LogP contribution in [0, 0.1) is 11.3 Å². The van der Waals surface area contributed by atoms with E-state index >= 15 is 0 Å². The summed E-state index contributed by atoms with van der Waals surface area (Å²) in [4.78, 5) is 2.43. The number of nitrogens with two attached hydrogens (primary N) is 1. The Kier molecular flexibility index (Phi) is 4.50. The normalized spacial score (nSPS) is 14.7. The second kappa shape index (κ2) is 5.95. The molecule has 3 N–H and O–H groups in total. The van der Waals surface area contributed by atoms with Gasteiger partial charge in [-0.2, -0.15) is 0 Å². The maximum Gasteiger partial charge on any atom is 0.124 e. The van der Waals surface area contributed by atoms with Gasteiger partial charge in [0.25, 0.3) is 0 Å². The van der Waals surface area contributed by atoms with Gasteiger partial charge in [-0.25, -0.2) is 0 Å². The maximum atomic E-state index is 7.77. The average Bonchev–Trinajstić information content (AvgIpc) is 3.14. The van der Waals surface area contributed by atoms with E-state index in [2.05, 4.69) is 40.7 Å². The second-order valence-corrected chi connectivity index (χ2v) is 6.60. The first kappa shape index (κ1) is 14.4. The van der Waals surface area contributed by atoms with Crippen LogP contribution >= 0.6 is 15.9 Å². The SMILES string of the molecule is CC(C)CCN(c1ccc(Br)cc1C(=N)N)C1CC1. The highest BCUT2D eigenvalue weighted by Gasteiger charge is 2.30. The number of amidine groups is 1. The molecule has 0 bridgehead atoms. The van der Waals surface area contributed by atoms with Gasteiger partial charge in [-0.05, 0) is 43.4 Å². The van der Waals surface area contributed by atoms with E-state index in [9.17, 15) is 0 Å². The van der Waals surface area contributed by atoms with Crippen LogP contribution in [0.5, 0.6) is 0 Å². The number of benzene rings is 1. The molecule has 1 aliphatic rings. The van der Waals surface area contributed by atoms with E-state index in [0.29, 0.717) is 12.0 Å². The molecule has 0 unspecified atom stereocenters. The molecule has 1 aromatic carbocycles. The molecular formula is C15H22BrN3. The van der Waals surface area contributed by atoms with Crippen molar-refractivity contribution in [1.82, 2.24) is 0 Å². The van der Waals surface area contributed by atoms with Crippen molar-refractivity contribution in [3.05, 3.63) is 28.2 Å². The lowest BCUT2D eigenvalue weighted by Gasteiger charge is -2.28. The molecular weight excluding hydrogens is 302 g/mol. The fourth-order valence-electron chi connectivity index (χ4n) is 2.26. The molecule has 0 aliphatic heterocycles. The smallest absolute Gasteiger partial charge is 0.124 e. The predicted octanol–water partition coefficient (Wildman–Crippen LogP) is 3.75. The number of halogens is 1. The van der Waals surface area contributed by atoms with Gasteiger partial charge in [0, 0.05) is 28.3 Å². The monoisotopic (exact) mass is 323 g/mol. The topological polar surface area (TPSA) is 53.1 Å². The molecule has 104 valence electrons. The Hall–Kier alpha value is -1.03. The molecule has 1 fully saturated rings. The third-order valence-electron chi connectivity index (χ3n) is 3.49. The molecule has 0 atom stereocenters. The highest BCUT2D eigenvalue weighted by atomic mass is 79.9. The van der Waals surface area contributed by atoms with Crippen molar-refractivity contribution in [2.24, 2.45) is 11.7 Å². The van der Waals surface area contributed by atoms with E-state index in [-0.39, 0.29) is 5.84 Å². The Morgan fingerprint density at radius 2 is 2.16 bits per heavy atom. The number of nitrogen functional groups attached to an aromatic ring is 1. The van der Waals surface area contributed by atoms with Gasteiger partial charge in [-0.15, -0.1) is 0 Å². The minimum atomic E-state index is 0.145. The average molecular weight is 324 g/mol. The molecule has 1 saturated carbocycles. The quantitative estimate of drug-likeness (QED) is 0.618. The van der Waals surface area contributed by atoms with Crippen LogP contribution in [0.3, 0.4) is 0 Å². The van der Waals surface area contributed by atoms with Gasteiger partial charge in [-0.3, -0.25) is 5.41 Å². The first-order valence-corrected chi connectivity index (χ1v) is 7.69. The predicted molar refractivity (Wildman–Crippen MR) is 85.0 cm³/mol. The summed E-state index contributed by atoms with van der Waals surface area (Å²) >= 11 is 3.46. The molecule has 19 heavy (non-hydrogen) atoms. The Morgan fingerprint density at radius 1 is 1.47 bits per heavy atom. The van der Waals surface area contributed by atoms with Crippen LogP contribution in [0.2, 0.25) is 0 Å². The molecule has 0 spiro atoms. The number of nitrogens with one attached hydrogen (secondary N) is 1. The number of hydrogen-bond acceptors (Lipinski definition) is 2. The number of nitrogens with zero attached hydrogens (tertiary/aromatic N) is 1. The summed E-state index contributed by atoms with van der Waals surface area (Å²) in [5.74, 6) is 0.837. The van der Waals surface area contributed by atoms with Gasteiger partial charge >= 0.3 is 0 Å². The summed E-state index contributed by atoms with van der Waals surface area (Å²) in [5.41, 5.74) is 7.68. The summed E-state index contributed by atoms with van der Waals surface area (Å²) in [7, 11) is 0. The number of hydrogen-bond donors (Lipinski definition) is 2. The lowest BCUT2D eigenvalue weighted by Crippen LogP contribution is -2.30. The van der Waals surface area contributed by atoms with Gasteiger partial charge in [0.2, 0.25) is 0 Å². The van der Waals surface area contributed by atoms with Crippen molar-refractivity contribution in [3.63, 3.8) is 0 Å². The lowest BCUT2D eigenvalue weighted by atomic mass is 10.1. The van der Waals surface area contributed by atoms with Gasteiger partial charge in [0.15, 0.2) is 0 Å². The van der Waals surface area contributed by atoms with Gasteiger partial charge in [-0.1, -0.05) is 29.8 Å². The van der Waals surface area contributed by atoms with Crippen LogP contribution in [0.15, 0.2) is 22.7 Å². The van der Waals surface area contributed by atoms with Crippen molar-refractivity contribution in [2.45, 2.75) is 39.2 Å². The lowest BCUT2D eigenvalue weighted by molar-refractivity contribution is 0.570. The minimum Gasteiger partial charge on any atom is -0.384 e. The summed E-state index contributed by atoms with van der Waals surface area (Å²) in [6.07, 6.45) is 3.68. The first-order valence-electron chi connectivity index (χ1n) is 6.89. The second-order valence-electron chi connectivity index (χ2n) is 5.68. The van der Waals surface area contributed by atoms with Gasteiger partial charge in [0.1, 0.15) is 5.84 Å². The largest absolute Gasteiger partial charge is 0.384 e. The molecule has 0 radical (unpaired) electrons. The fraction of sp³-hybridized carbons (Fsp3) is 0.533. The molecule has 0 saturated heterocycles. The van der Waals surface area contributed by atoms with E-state index in [0.717, 1.165) is 22.3 Å². The van der Waals surface area contributed by atoms with Crippen molar-refractivity contribution < 1.29 is 0 Å². The Balaban J connectivity index is 2.28. The maximum absolute atomic E-state index is 7.77. The third kappa shape index (κ3) is 3.72. The standard InChI is InChI=1S/C15H22BrN3/c1-10(2)7-8-19(12-4-5-12)14-6-3-11(16)9-13(14)15(17)18/h3,6,9-10,12H,4-5,7-8H2,1-2H3,(H3,17,18). The Morgan fingerprint density at radius 3 is 2.68 bits per heavy atom. The highest BCUT2D eigenvalue weighted by molar-refractivity contribution is 9.10. The fourth-order valence-corrected chi connectivity index (χ4v) is 2.62.